The number of unbranched alkanes of at least 4 members (excludes halogenated alkanes) is 15. The smallest absolute Gasteiger partial charge is 0.410 e. The Morgan fingerprint density at radius 1 is 0.667 bits per heavy atom. The molecule has 0 radical (unpaired) electrons. The van der Waals surface area contributed by atoms with Gasteiger partial charge in [-0.25, -0.2) is 9.59 Å². The number of nitrogens with zero attached hydrogens (tertiary/aromatic N) is 1. The van der Waals surface area contributed by atoms with Crippen LogP contribution in [0.15, 0.2) is 0 Å². The fraction of sp³-hybridized carbons (Fsp3) is 0.920. The Kier molecular flexibility index (Phi) is 20.1. The van der Waals surface area contributed by atoms with Crippen LogP contribution in [0.5, 0.6) is 0 Å². The monoisotopic (exact) mass is 427 g/mol. The van der Waals surface area contributed by atoms with Crippen LogP contribution in [0.3, 0.4) is 0 Å². The Balaban J connectivity index is 3.38. The summed E-state index contributed by atoms with van der Waals surface area (Å²) in [5.41, 5.74) is 0. The van der Waals surface area contributed by atoms with Gasteiger partial charge in [-0.2, -0.15) is 0 Å². The molecule has 5 heteroatoms. The molecule has 1 unspecified atom stereocenters. The number of amides is 1. The van der Waals surface area contributed by atoms with Gasteiger partial charge in [-0.3, -0.25) is 4.90 Å². The molecule has 0 spiro atoms. The summed E-state index contributed by atoms with van der Waals surface area (Å²) in [6.45, 7) is 6.40. The van der Waals surface area contributed by atoms with Crippen molar-refractivity contribution in [2.75, 3.05) is 20.3 Å². The van der Waals surface area contributed by atoms with Crippen LogP contribution in [-0.4, -0.2) is 43.3 Å². The summed E-state index contributed by atoms with van der Waals surface area (Å²) in [5, 5.41) is 0. The van der Waals surface area contributed by atoms with Crippen molar-refractivity contribution in [3.8, 4) is 0 Å². The molecule has 30 heavy (non-hydrogen) atoms. The highest BCUT2D eigenvalue weighted by Gasteiger charge is 2.24. The van der Waals surface area contributed by atoms with Crippen LogP contribution in [0.1, 0.15) is 124 Å². The van der Waals surface area contributed by atoms with E-state index in [1.165, 1.54) is 94.8 Å². The molecule has 178 valence electrons. The van der Waals surface area contributed by atoms with Crippen molar-refractivity contribution in [1.82, 2.24) is 4.90 Å². The van der Waals surface area contributed by atoms with Crippen molar-refractivity contribution in [1.29, 1.82) is 0 Å². The van der Waals surface area contributed by atoms with Crippen LogP contribution in [0.2, 0.25) is 0 Å². The zero-order valence-electron chi connectivity index (χ0n) is 20.4. The van der Waals surface area contributed by atoms with Crippen molar-refractivity contribution < 1.29 is 19.1 Å². The van der Waals surface area contributed by atoms with Gasteiger partial charge in [0.05, 0.1) is 13.2 Å². The normalized spacial score (nSPS) is 11.9. The van der Waals surface area contributed by atoms with Gasteiger partial charge in [0.25, 0.3) is 0 Å². The minimum absolute atomic E-state index is 0.296. The molecule has 0 N–H and O–H groups in total. The van der Waals surface area contributed by atoms with Gasteiger partial charge >= 0.3 is 12.1 Å². The molecule has 0 saturated heterocycles. The number of hydrogen-bond acceptors (Lipinski definition) is 4. The molecule has 1 amide bonds. The Bertz CT molecular complexity index is 414. The molecular weight excluding hydrogens is 378 g/mol. The summed E-state index contributed by atoms with van der Waals surface area (Å²) < 4.78 is 10.2. The predicted molar refractivity (Wildman–Crippen MR) is 125 cm³/mol. The average Bonchev–Trinajstić information content (AvgIpc) is 2.74. The Morgan fingerprint density at radius 3 is 1.47 bits per heavy atom. The molecule has 0 rings (SSSR count). The topological polar surface area (TPSA) is 55.8 Å². The minimum Gasteiger partial charge on any atom is -0.464 e. The van der Waals surface area contributed by atoms with Crippen LogP contribution in [-0.2, 0) is 14.3 Å². The lowest BCUT2D eigenvalue weighted by molar-refractivity contribution is -0.148. The second-order valence-electron chi connectivity index (χ2n) is 8.46. The van der Waals surface area contributed by atoms with Gasteiger partial charge in [0.15, 0.2) is 0 Å². The molecule has 0 aliphatic carbocycles. The number of carbonyl (C=O) groups is 2. The van der Waals surface area contributed by atoms with Crippen LogP contribution < -0.4 is 0 Å². The first kappa shape index (κ1) is 28.7. The third-order valence-electron chi connectivity index (χ3n) is 5.72. The first-order valence-corrected chi connectivity index (χ1v) is 12.6. The standard InChI is InChI=1S/C25H49NO4/c1-5-7-8-9-10-11-12-13-14-15-16-17-18-19-20-21-22-30-24(27)23(3)26(4)25(28)29-6-2/h23H,5-22H2,1-4H3. The van der Waals surface area contributed by atoms with E-state index >= 15 is 0 Å². The maximum absolute atomic E-state index is 12.0. The van der Waals surface area contributed by atoms with E-state index in [0.717, 1.165) is 12.8 Å². The number of rotatable bonds is 20. The second kappa shape index (κ2) is 21.0. The Morgan fingerprint density at radius 2 is 1.07 bits per heavy atom. The molecule has 0 aliphatic heterocycles. The molecule has 0 saturated carbocycles. The second-order valence-corrected chi connectivity index (χ2v) is 8.46. The molecule has 0 aromatic heterocycles. The van der Waals surface area contributed by atoms with E-state index in [4.69, 9.17) is 9.47 Å². The van der Waals surface area contributed by atoms with Crippen molar-refractivity contribution in [2.45, 2.75) is 130 Å². The Hall–Kier alpha value is -1.26. The summed E-state index contributed by atoms with van der Waals surface area (Å²) in [6, 6.07) is -0.620. The van der Waals surface area contributed by atoms with Gasteiger partial charge in [0, 0.05) is 7.05 Å². The predicted octanol–water partition coefficient (Wildman–Crippen LogP) is 7.27. The number of ether oxygens (including phenoxy) is 2. The molecule has 5 nitrogen and oxygen atoms in total. The van der Waals surface area contributed by atoms with Gasteiger partial charge in [-0.15, -0.1) is 0 Å². The number of esters is 1. The number of hydrogen-bond donors (Lipinski definition) is 0. The number of carbonyl (C=O) groups excluding carboxylic acids is 2. The summed E-state index contributed by atoms with van der Waals surface area (Å²) >= 11 is 0. The molecule has 0 aromatic carbocycles. The zero-order valence-corrected chi connectivity index (χ0v) is 20.4. The van der Waals surface area contributed by atoms with Crippen molar-refractivity contribution >= 4 is 12.1 Å². The van der Waals surface area contributed by atoms with Crippen molar-refractivity contribution in [2.24, 2.45) is 0 Å². The lowest BCUT2D eigenvalue weighted by Crippen LogP contribution is -2.41. The third kappa shape index (κ3) is 16.5. The van der Waals surface area contributed by atoms with E-state index < -0.39 is 12.1 Å². The van der Waals surface area contributed by atoms with E-state index in [9.17, 15) is 9.59 Å². The van der Waals surface area contributed by atoms with Crippen LogP contribution >= 0.6 is 0 Å². The maximum atomic E-state index is 12.0. The summed E-state index contributed by atoms with van der Waals surface area (Å²) in [5.74, 6) is -0.369. The van der Waals surface area contributed by atoms with Crippen molar-refractivity contribution in [3.63, 3.8) is 0 Å². The lowest BCUT2D eigenvalue weighted by atomic mass is 10.0. The van der Waals surface area contributed by atoms with Crippen LogP contribution in [0.25, 0.3) is 0 Å². The lowest BCUT2D eigenvalue weighted by Gasteiger charge is -2.22. The zero-order chi connectivity index (χ0) is 22.5. The van der Waals surface area contributed by atoms with Crippen molar-refractivity contribution in [3.05, 3.63) is 0 Å². The highest BCUT2D eigenvalue weighted by Crippen LogP contribution is 2.13. The molecule has 0 aliphatic rings. The van der Waals surface area contributed by atoms with Crippen LogP contribution in [0.4, 0.5) is 4.79 Å². The average molecular weight is 428 g/mol. The Labute approximate surface area is 186 Å². The van der Waals surface area contributed by atoms with E-state index in [2.05, 4.69) is 6.92 Å². The highest BCUT2D eigenvalue weighted by molar-refractivity contribution is 5.80. The van der Waals surface area contributed by atoms with Crippen LogP contribution in [0, 0.1) is 0 Å². The first-order valence-electron chi connectivity index (χ1n) is 12.6. The fourth-order valence-electron chi connectivity index (χ4n) is 3.49. The summed E-state index contributed by atoms with van der Waals surface area (Å²) in [6.07, 6.45) is 20.6. The van der Waals surface area contributed by atoms with Gasteiger partial charge in [0.2, 0.25) is 0 Å². The molecule has 0 bridgehead atoms. The molecule has 0 aromatic rings. The van der Waals surface area contributed by atoms with Gasteiger partial charge < -0.3 is 9.47 Å². The quantitative estimate of drug-likeness (QED) is 0.151. The van der Waals surface area contributed by atoms with Gasteiger partial charge in [-0.1, -0.05) is 103 Å². The fourth-order valence-corrected chi connectivity index (χ4v) is 3.49. The SMILES string of the molecule is CCCCCCCCCCCCCCCCCCOC(=O)C(C)N(C)C(=O)OCC. The first-order chi connectivity index (χ1) is 14.5. The van der Waals surface area contributed by atoms with Gasteiger partial charge in [-0.05, 0) is 20.3 Å². The summed E-state index contributed by atoms with van der Waals surface area (Å²) in [4.78, 5) is 24.9. The molecule has 1 atom stereocenters. The van der Waals surface area contributed by atoms with E-state index in [0.29, 0.717) is 13.2 Å². The molecule has 0 heterocycles. The van der Waals surface area contributed by atoms with E-state index in [1.807, 2.05) is 0 Å². The molecular formula is C25H49NO4. The largest absolute Gasteiger partial charge is 0.464 e. The number of likely N-dealkylation sites (N-methyl/N-ethyl adjacent to an activating group) is 1. The maximum Gasteiger partial charge on any atom is 0.410 e. The van der Waals surface area contributed by atoms with Gasteiger partial charge in [0.1, 0.15) is 6.04 Å². The van der Waals surface area contributed by atoms with E-state index in [1.54, 1.807) is 20.9 Å². The summed E-state index contributed by atoms with van der Waals surface area (Å²) in [7, 11) is 1.55. The third-order valence-corrected chi connectivity index (χ3v) is 5.72. The minimum atomic E-state index is -0.620. The van der Waals surface area contributed by atoms with E-state index in [-0.39, 0.29) is 5.97 Å². The molecule has 0 fully saturated rings. The highest BCUT2D eigenvalue weighted by atomic mass is 16.6.